The minimum atomic E-state index is 0.554. The van der Waals surface area contributed by atoms with Crippen LogP contribution in [0.4, 0.5) is 0 Å². The van der Waals surface area contributed by atoms with Crippen LogP contribution >= 0.6 is 27.7 Å². The minimum Gasteiger partial charge on any atom is -0.480 e. The van der Waals surface area contributed by atoms with E-state index in [1.54, 1.807) is 25.1 Å². The second kappa shape index (κ2) is 5.71. The van der Waals surface area contributed by atoms with Crippen LogP contribution in [0.5, 0.6) is 5.88 Å². The van der Waals surface area contributed by atoms with E-state index in [2.05, 4.69) is 57.9 Å². The van der Waals surface area contributed by atoms with Crippen molar-refractivity contribution in [1.29, 1.82) is 0 Å². The number of hydrogen-bond acceptors (Lipinski definition) is 4. The summed E-state index contributed by atoms with van der Waals surface area (Å²) in [5.74, 6) is 0.554. The number of hydrogen-bond donors (Lipinski definition) is 0. The number of aryl methyl sites for hydroxylation is 2. The van der Waals surface area contributed by atoms with Gasteiger partial charge in [0.2, 0.25) is 5.88 Å². The third-order valence-corrected chi connectivity index (χ3v) is 4.01. The second-order valence-electron chi connectivity index (χ2n) is 3.88. The van der Waals surface area contributed by atoms with Gasteiger partial charge in [0.05, 0.1) is 11.6 Å². The van der Waals surface area contributed by atoms with Crippen molar-refractivity contribution in [2.75, 3.05) is 7.11 Å². The molecule has 3 nitrogen and oxygen atoms in total. The summed E-state index contributed by atoms with van der Waals surface area (Å²) in [6, 6.07) is 6.34. The van der Waals surface area contributed by atoms with Gasteiger partial charge in [0, 0.05) is 11.1 Å². The van der Waals surface area contributed by atoms with Crippen molar-refractivity contribution < 1.29 is 4.74 Å². The van der Waals surface area contributed by atoms with Crippen molar-refractivity contribution in [3.05, 3.63) is 40.0 Å². The molecule has 1 aromatic carbocycles. The highest BCUT2D eigenvalue weighted by atomic mass is 79.9. The molecule has 0 saturated heterocycles. The molecular weight excluding hydrogens is 312 g/mol. The lowest BCUT2D eigenvalue weighted by Crippen LogP contribution is -1.93. The van der Waals surface area contributed by atoms with Crippen molar-refractivity contribution in [3.63, 3.8) is 0 Å². The maximum Gasteiger partial charge on any atom is 0.231 e. The monoisotopic (exact) mass is 324 g/mol. The van der Waals surface area contributed by atoms with Gasteiger partial charge in [-0.25, -0.2) is 4.98 Å². The zero-order chi connectivity index (χ0) is 13.1. The smallest absolute Gasteiger partial charge is 0.231 e. The highest BCUT2D eigenvalue weighted by Crippen LogP contribution is 2.31. The number of rotatable bonds is 3. The third-order valence-electron chi connectivity index (χ3n) is 2.43. The molecule has 0 aliphatic carbocycles. The molecule has 0 unspecified atom stereocenters. The van der Waals surface area contributed by atoms with Crippen LogP contribution in [-0.2, 0) is 0 Å². The summed E-state index contributed by atoms with van der Waals surface area (Å²) in [6.07, 6.45) is 1.71. The van der Waals surface area contributed by atoms with E-state index in [1.165, 1.54) is 16.0 Å². The number of ether oxygens (including phenoxy) is 1. The largest absolute Gasteiger partial charge is 0.480 e. The molecule has 0 radical (unpaired) electrons. The summed E-state index contributed by atoms with van der Waals surface area (Å²) in [6.45, 7) is 4.16. The van der Waals surface area contributed by atoms with Crippen LogP contribution in [0.15, 0.2) is 38.9 Å². The van der Waals surface area contributed by atoms with Crippen LogP contribution in [0, 0.1) is 13.8 Å². The summed E-state index contributed by atoms with van der Waals surface area (Å²) < 4.78 is 5.93. The Hall–Kier alpha value is -1.07. The third kappa shape index (κ3) is 3.03. The number of aromatic nitrogens is 2. The zero-order valence-electron chi connectivity index (χ0n) is 10.4. The van der Waals surface area contributed by atoms with E-state index >= 15 is 0 Å². The van der Waals surface area contributed by atoms with E-state index in [0.29, 0.717) is 11.0 Å². The second-order valence-corrected chi connectivity index (χ2v) is 5.74. The van der Waals surface area contributed by atoms with E-state index in [0.717, 1.165) is 4.47 Å². The molecule has 0 fully saturated rings. The fourth-order valence-corrected chi connectivity index (χ4v) is 2.70. The van der Waals surface area contributed by atoms with Crippen LogP contribution in [0.1, 0.15) is 11.1 Å². The maximum absolute atomic E-state index is 5.17. The normalized spacial score (nSPS) is 10.4. The van der Waals surface area contributed by atoms with Gasteiger partial charge in [0.15, 0.2) is 5.16 Å². The molecule has 94 valence electrons. The van der Waals surface area contributed by atoms with Crippen LogP contribution in [0.3, 0.4) is 0 Å². The van der Waals surface area contributed by atoms with Crippen LogP contribution in [-0.4, -0.2) is 17.1 Å². The van der Waals surface area contributed by atoms with Gasteiger partial charge in [0.1, 0.15) is 0 Å². The molecule has 1 aromatic heterocycles. The first-order chi connectivity index (χ1) is 8.60. The van der Waals surface area contributed by atoms with Crippen LogP contribution in [0.2, 0.25) is 0 Å². The van der Waals surface area contributed by atoms with Crippen molar-refractivity contribution in [3.8, 4) is 5.88 Å². The molecule has 2 rings (SSSR count). The summed E-state index contributed by atoms with van der Waals surface area (Å²) in [4.78, 5) is 9.78. The standard InChI is InChI=1S/C13H13BrN2OS/c1-8-4-5-9(2)11(6-8)18-13-15-7-10(14)12(16-13)17-3/h4-7H,1-3H3. The predicted octanol–water partition coefficient (Wildman–Crippen LogP) is 4.02. The Morgan fingerprint density at radius 3 is 2.78 bits per heavy atom. The fraction of sp³-hybridized carbons (Fsp3) is 0.231. The van der Waals surface area contributed by atoms with Crippen molar-refractivity contribution in [2.24, 2.45) is 0 Å². The zero-order valence-corrected chi connectivity index (χ0v) is 12.8. The number of benzene rings is 1. The van der Waals surface area contributed by atoms with E-state index in [9.17, 15) is 0 Å². The highest BCUT2D eigenvalue weighted by molar-refractivity contribution is 9.10. The quantitative estimate of drug-likeness (QED) is 0.799. The first kappa shape index (κ1) is 13.4. The molecule has 0 spiro atoms. The SMILES string of the molecule is COc1nc(Sc2cc(C)ccc2C)ncc1Br. The summed E-state index contributed by atoms with van der Waals surface area (Å²) >= 11 is 4.89. The van der Waals surface area contributed by atoms with Gasteiger partial charge in [-0.15, -0.1) is 0 Å². The molecule has 0 aliphatic heterocycles. The number of halogens is 1. The Bertz CT molecular complexity index is 575. The topological polar surface area (TPSA) is 35.0 Å². The van der Waals surface area contributed by atoms with E-state index < -0.39 is 0 Å². The minimum absolute atomic E-state index is 0.554. The van der Waals surface area contributed by atoms with Gasteiger partial charge in [-0.2, -0.15) is 4.98 Å². The number of nitrogens with zero attached hydrogens (tertiary/aromatic N) is 2. The first-order valence-electron chi connectivity index (χ1n) is 5.42. The average Bonchev–Trinajstić information content (AvgIpc) is 2.36. The molecule has 0 atom stereocenters. The van der Waals surface area contributed by atoms with Gasteiger partial charge in [-0.3, -0.25) is 0 Å². The molecule has 0 saturated carbocycles. The van der Waals surface area contributed by atoms with Gasteiger partial charge in [0.25, 0.3) is 0 Å². The highest BCUT2D eigenvalue weighted by Gasteiger charge is 2.08. The molecule has 18 heavy (non-hydrogen) atoms. The Morgan fingerprint density at radius 1 is 1.28 bits per heavy atom. The summed E-state index contributed by atoms with van der Waals surface area (Å²) in [5, 5.41) is 0.684. The number of methoxy groups -OCH3 is 1. The van der Waals surface area contributed by atoms with Crippen molar-refractivity contribution >= 4 is 27.7 Å². The lowest BCUT2D eigenvalue weighted by atomic mass is 10.2. The molecule has 2 aromatic rings. The summed E-state index contributed by atoms with van der Waals surface area (Å²) in [7, 11) is 1.60. The average molecular weight is 325 g/mol. The Balaban J connectivity index is 2.31. The molecule has 0 amide bonds. The molecular formula is C13H13BrN2OS. The summed E-state index contributed by atoms with van der Waals surface area (Å²) in [5.41, 5.74) is 2.45. The van der Waals surface area contributed by atoms with Crippen LogP contribution < -0.4 is 4.74 Å². The molecule has 0 bridgehead atoms. The Labute approximate surface area is 119 Å². The molecule has 5 heteroatoms. The lowest BCUT2D eigenvalue weighted by molar-refractivity contribution is 0.389. The molecule has 1 heterocycles. The van der Waals surface area contributed by atoms with Crippen LogP contribution in [0.25, 0.3) is 0 Å². The van der Waals surface area contributed by atoms with Gasteiger partial charge in [-0.05, 0) is 58.7 Å². The van der Waals surface area contributed by atoms with Gasteiger partial charge in [-0.1, -0.05) is 12.1 Å². The Kier molecular flexibility index (Phi) is 4.24. The van der Waals surface area contributed by atoms with Crippen molar-refractivity contribution in [1.82, 2.24) is 9.97 Å². The first-order valence-corrected chi connectivity index (χ1v) is 7.02. The van der Waals surface area contributed by atoms with E-state index in [4.69, 9.17) is 4.74 Å². The maximum atomic E-state index is 5.17. The van der Waals surface area contributed by atoms with Crippen molar-refractivity contribution in [2.45, 2.75) is 23.9 Å². The molecule has 0 aliphatic rings. The van der Waals surface area contributed by atoms with E-state index in [1.807, 2.05) is 0 Å². The fourth-order valence-electron chi connectivity index (χ4n) is 1.44. The lowest BCUT2D eigenvalue weighted by Gasteiger charge is -2.07. The van der Waals surface area contributed by atoms with Gasteiger partial charge >= 0.3 is 0 Å². The van der Waals surface area contributed by atoms with Gasteiger partial charge < -0.3 is 4.74 Å². The Morgan fingerprint density at radius 2 is 2.06 bits per heavy atom. The van der Waals surface area contributed by atoms with E-state index in [-0.39, 0.29) is 0 Å². The predicted molar refractivity (Wildman–Crippen MR) is 76.3 cm³/mol. The molecule has 0 N–H and O–H groups in total.